The van der Waals surface area contributed by atoms with Crippen LogP contribution in [0, 0.1) is 21.4 Å². The number of hydrogen-bond acceptors (Lipinski definition) is 7. The number of nitrogens with zero attached hydrogens (tertiary/aromatic N) is 3. The van der Waals surface area contributed by atoms with Crippen LogP contribution in [0.2, 0.25) is 0 Å². The summed E-state index contributed by atoms with van der Waals surface area (Å²) in [5, 5.41) is 32.1. The molecule has 0 spiro atoms. The molecular formula is C11H10N4O5. The maximum atomic E-state index is 11.0. The zero-order chi connectivity index (χ0) is 15.1. The average Bonchev–Trinajstić information content (AvgIpc) is 2.40. The van der Waals surface area contributed by atoms with Gasteiger partial charge in [0.2, 0.25) is 5.75 Å². The fraction of sp³-hybridized carbons (Fsp3) is 0.182. The van der Waals surface area contributed by atoms with Gasteiger partial charge in [-0.15, -0.1) is 0 Å². The number of rotatable bonds is 5. The topological polar surface area (TPSA) is 138 Å². The van der Waals surface area contributed by atoms with E-state index in [0.717, 1.165) is 12.3 Å². The number of nitrogens with one attached hydrogen (secondary N) is 1. The van der Waals surface area contributed by atoms with E-state index in [1.165, 1.54) is 13.2 Å². The SMILES string of the molecule is COc1cc(/C=N/NC(=O)CC#N)cc([N+](=O)[O-])c1O. The van der Waals surface area contributed by atoms with Gasteiger partial charge in [-0.2, -0.15) is 10.4 Å². The Bertz CT molecular complexity index is 606. The smallest absolute Gasteiger partial charge is 0.315 e. The number of carbonyl (C=O) groups excluding carboxylic acids is 1. The Morgan fingerprint density at radius 2 is 2.40 bits per heavy atom. The number of hydrogen-bond donors (Lipinski definition) is 2. The highest BCUT2D eigenvalue weighted by atomic mass is 16.6. The first-order valence-corrected chi connectivity index (χ1v) is 5.23. The van der Waals surface area contributed by atoms with Crippen molar-refractivity contribution >= 4 is 17.8 Å². The second-order valence-electron chi connectivity index (χ2n) is 3.48. The summed E-state index contributed by atoms with van der Waals surface area (Å²) in [6.45, 7) is 0. The average molecular weight is 278 g/mol. The van der Waals surface area contributed by atoms with Crippen LogP contribution in [0.3, 0.4) is 0 Å². The van der Waals surface area contributed by atoms with Crippen LogP contribution in [0.4, 0.5) is 5.69 Å². The van der Waals surface area contributed by atoms with Gasteiger partial charge in [0, 0.05) is 11.6 Å². The lowest BCUT2D eigenvalue weighted by atomic mass is 10.2. The number of phenols is 1. The van der Waals surface area contributed by atoms with E-state index in [-0.39, 0.29) is 17.7 Å². The molecule has 1 rings (SSSR count). The minimum absolute atomic E-state index is 0.0935. The summed E-state index contributed by atoms with van der Waals surface area (Å²) in [4.78, 5) is 20.9. The summed E-state index contributed by atoms with van der Waals surface area (Å²) in [7, 11) is 1.24. The molecule has 0 bridgehead atoms. The molecule has 9 heteroatoms. The quantitative estimate of drug-likeness (QED) is 0.461. The standard InChI is InChI=1S/C11H10N4O5/c1-20-9-5-7(4-8(11(9)17)15(18)19)6-13-14-10(16)2-3-12/h4-6,17H,2H2,1H3,(H,14,16)/b13-6+. The summed E-state index contributed by atoms with van der Waals surface area (Å²) in [6.07, 6.45) is 0.778. The van der Waals surface area contributed by atoms with E-state index in [1.54, 1.807) is 6.07 Å². The van der Waals surface area contributed by atoms with Crippen LogP contribution < -0.4 is 10.2 Å². The van der Waals surface area contributed by atoms with Gasteiger partial charge >= 0.3 is 5.69 Å². The summed E-state index contributed by atoms with van der Waals surface area (Å²) in [5.74, 6) is -1.30. The Morgan fingerprint density at radius 1 is 1.70 bits per heavy atom. The lowest BCUT2D eigenvalue weighted by molar-refractivity contribution is -0.386. The van der Waals surface area contributed by atoms with E-state index in [0.29, 0.717) is 0 Å². The Morgan fingerprint density at radius 3 is 2.95 bits per heavy atom. The molecule has 104 valence electrons. The molecule has 0 saturated heterocycles. The maximum Gasteiger partial charge on any atom is 0.315 e. The number of aromatic hydroxyl groups is 1. The van der Waals surface area contributed by atoms with Gasteiger partial charge in [0.15, 0.2) is 5.75 Å². The molecule has 1 amide bonds. The number of nitro benzene ring substituents is 1. The number of ether oxygens (including phenoxy) is 1. The molecule has 9 nitrogen and oxygen atoms in total. The highest BCUT2D eigenvalue weighted by Crippen LogP contribution is 2.36. The van der Waals surface area contributed by atoms with Crippen molar-refractivity contribution in [2.45, 2.75) is 6.42 Å². The monoisotopic (exact) mass is 278 g/mol. The summed E-state index contributed by atoms with van der Waals surface area (Å²) < 4.78 is 4.80. The molecule has 1 aromatic rings. The molecule has 20 heavy (non-hydrogen) atoms. The summed E-state index contributed by atoms with van der Waals surface area (Å²) in [6, 6.07) is 4.01. The van der Waals surface area contributed by atoms with E-state index in [9.17, 15) is 20.0 Å². The van der Waals surface area contributed by atoms with Crippen molar-refractivity contribution in [1.29, 1.82) is 5.26 Å². The molecule has 0 aliphatic carbocycles. The van der Waals surface area contributed by atoms with Gasteiger partial charge in [-0.1, -0.05) is 0 Å². The number of carbonyl (C=O) groups is 1. The Balaban J connectivity index is 2.99. The first-order valence-electron chi connectivity index (χ1n) is 5.23. The predicted octanol–water partition coefficient (Wildman–Crippen LogP) is 0.673. The van der Waals surface area contributed by atoms with E-state index in [2.05, 4.69) is 10.5 Å². The number of phenolic OH excluding ortho intramolecular Hbond substituents is 1. The van der Waals surface area contributed by atoms with Crippen LogP contribution in [-0.4, -0.2) is 29.3 Å². The van der Waals surface area contributed by atoms with E-state index in [1.807, 2.05) is 0 Å². The minimum Gasteiger partial charge on any atom is -0.500 e. The maximum absolute atomic E-state index is 11.0. The molecule has 0 aliphatic rings. The molecule has 0 unspecified atom stereocenters. The highest BCUT2D eigenvalue weighted by Gasteiger charge is 2.19. The molecule has 0 fully saturated rings. The van der Waals surface area contributed by atoms with E-state index < -0.39 is 22.3 Å². The molecule has 0 saturated carbocycles. The number of nitriles is 1. The number of methoxy groups -OCH3 is 1. The Hall–Kier alpha value is -3.15. The van der Waals surface area contributed by atoms with Gasteiger partial charge in [0.25, 0.3) is 5.91 Å². The van der Waals surface area contributed by atoms with E-state index in [4.69, 9.17) is 10.00 Å². The van der Waals surface area contributed by atoms with E-state index >= 15 is 0 Å². The molecule has 0 atom stereocenters. The largest absolute Gasteiger partial charge is 0.500 e. The number of benzene rings is 1. The van der Waals surface area contributed by atoms with Crippen molar-refractivity contribution in [1.82, 2.24) is 5.43 Å². The van der Waals surface area contributed by atoms with Crippen LogP contribution in [0.5, 0.6) is 11.5 Å². The molecule has 0 aliphatic heterocycles. The number of nitro groups is 1. The predicted molar refractivity (Wildman–Crippen MR) is 67.3 cm³/mol. The van der Waals surface area contributed by atoms with Crippen molar-refractivity contribution < 1.29 is 19.6 Å². The Labute approximate surface area is 113 Å². The summed E-state index contributed by atoms with van der Waals surface area (Å²) in [5.41, 5.74) is 1.76. The van der Waals surface area contributed by atoms with Gasteiger partial charge in [-0.25, -0.2) is 5.43 Å². The van der Waals surface area contributed by atoms with Crippen molar-refractivity contribution in [2.24, 2.45) is 5.10 Å². The third-order valence-electron chi connectivity index (χ3n) is 2.14. The zero-order valence-corrected chi connectivity index (χ0v) is 10.4. The summed E-state index contributed by atoms with van der Waals surface area (Å²) >= 11 is 0. The van der Waals surface area contributed by atoms with Gasteiger partial charge in [-0.05, 0) is 6.07 Å². The third kappa shape index (κ3) is 3.67. The number of hydrazone groups is 1. The molecule has 0 aromatic heterocycles. The van der Waals surface area contributed by atoms with Crippen LogP contribution in [0.15, 0.2) is 17.2 Å². The first-order chi connectivity index (χ1) is 9.49. The van der Waals surface area contributed by atoms with Crippen molar-refractivity contribution in [3.05, 3.63) is 27.8 Å². The second-order valence-corrected chi connectivity index (χ2v) is 3.48. The highest BCUT2D eigenvalue weighted by molar-refractivity contribution is 5.85. The zero-order valence-electron chi connectivity index (χ0n) is 10.4. The normalized spacial score (nSPS) is 10.0. The fourth-order valence-electron chi connectivity index (χ4n) is 1.27. The molecule has 2 N–H and O–H groups in total. The third-order valence-corrected chi connectivity index (χ3v) is 2.14. The molecule has 0 radical (unpaired) electrons. The fourth-order valence-corrected chi connectivity index (χ4v) is 1.27. The lowest BCUT2D eigenvalue weighted by Gasteiger charge is -2.04. The Kier molecular flexibility index (Phi) is 4.99. The molecule has 0 heterocycles. The van der Waals surface area contributed by atoms with Crippen LogP contribution in [0.1, 0.15) is 12.0 Å². The lowest BCUT2D eigenvalue weighted by Crippen LogP contribution is -2.16. The van der Waals surface area contributed by atoms with Crippen LogP contribution in [-0.2, 0) is 4.79 Å². The van der Waals surface area contributed by atoms with Gasteiger partial charge < -0.3 is 9.84 Å². The number of amides is 1. The van der Waals surface area contributed by atoms with Crippen molar-refractivity contribution in [3.63, 3.8) is 0 Å². The first kappa shape index (κ1) is 14.9. The van der Waals surface area contributed by atoms with Gasteiger partial charge in [-0.3, -0.25) is 14.9 Å². The van der Waals surface area contributed by atoms with Gasteiger partial charge in [0.05, 0.1) is 24.3 Å². The van der Waals surface area contributed by atoms with Crippen LogP contribution >= 0.6 is 0 Å². The van der Waals surface area contributed by atoms with Crippen molar-refractivity contribution in [2.75, 3.05) is 7.11 Å². The van der Waals surface area contributed by atoms with Crippen molar-refractivity contribution in [3.8, 4) is 17.6 Å². The second kappa shape index (κ2) is 6.69. The molecular weight excluding hydrogens is 268 g/mol. The minimum atomic E-state index is -0.774. The molecule has 1 aromatic carbocycles. The van der Waals surface area contributed by atoms with Gasteiger partial charge in [0.1, 0.15) is 6.42 Å². The van der Waals surface area contributed by atoms with Crippen LogP contribution in [0.25, 0.3) is 0 Å².